The summed E-state index contributed by atoms with van der Waals surface area (Å²) in [6.07, 6.45) is 15.1. The van der Waals surface area contributed by atoms with Crippen LogP contribution in [0.3, 0.4) is 0 Å². The van der Waals surface area contributed by atoms with E-state index in [0.717, 1.165) is 68.8 Å². The Hall–Kier alpha value is -2.92. The van der Waals surface area contributed by atoms with Crippen molar-refractivity contribution in [2.45, 2.75) is 102 Å². The van der Waals surface area contributed by atoms with Gasteiger partial charge in [-0.05, 0) is 116 Å². The molecular weight excluding hydrogens is 598 g/mol. The molecule has 8 rings (SSSR count). The van der Waals surface area contributed by atoms with Gasteiger partial charge in [0.2, 0.25) is 5.91 Å². The van der Waals surface area contributed by atoms with Crippen molar-refractivity contribution in [3.63, 3.8) is 0 Å². The minimum atomic E-state index is -0.984. The van der Waals surface area contributed by atoms with E-state index >= 15 is 0 Å². The van der Waals surface area contributed by atoms with Gasteiger partial charge in [0.15, 0.2) is 0 Å². The minimum absolute atomic E-state index is 0.0567. The SMILES string of the molecule is C#C[C@]1(O)CCC2C3CCC4C[C@H](O)[C@@H](N5CCN(C(=O)[C@@H]6CCCN6C(=O)c6ccc7ccccc7c6)CC5)C[C@]4(C)C3CC[C@@]21C. The van der Waals surface area contributed by atoms with Crippen molar-refractivity contribution in [3.05, 3.63) is 48.0 Å². The van der Waals surface area contributed by atoms with Crippen molar-refractivity contribution in [2.24, 2.45) is 34.5 Å². The fraction of sp³-hybridized carbons (Fsp3) is 0.659. The van der Waals surface area contributed by atoms with E-state index in [9.17, 15) is 19.8 Å². The molecule has 0 bridgehead atoms. The Morgan fingerprint density at radius 2 is 1.65 bits per heavy atom. The lowest BCUT2D eigenvalue weighted by Crippen LogP contribution is -2.63. The third kappa shape index (κ3) is 4.88. The maximum absolute atomic E-state index is 13.9. The second-order valence-electron chi connectivity index (χ2n) is 16.8. The molecule has 6 aliphatic rings. The van der Waals surface area contributed by atoms with Crippen molar-refractivity contribution in [1.29, 1.82) is 0 Å². The van der Waals surface area contributed by atoms with Crippen LogP contribution in [-0.2, 0) is 4.79 Å². The van der Waals surface area contributed by atoms with Gasteiger partial charge in [0, 0.05) is 49.7 Å². The monoisotopic (exact) mass is 651 g/mol. The number of hydrogen-bond acceptors (Lipinski definition) is 5. The van der Waals surface area contributed by atoms with Crippen LogP contribution in [0, 0.1) is 46.8 Å². The van der Waals surface area contributed by atoms with Crippen LogP contribution in [0.4, 0.5) is 0 Å². The molecule has 2 aliphatic heterocycles. The normalized spacial score (nSPS) is 41.4. The smallest absolute Gasteiger partial charge is 0.254 e. The third-order valence-corrected chi connectivity index (χ3v) is 15.0. The number of likely N-dealkylation sites (tertiary alicyclic amines) is 1. The molecule has 0 aromatic heterocycles. The number of carbonyl (C=O) groups is 2. The average molecular weight is 652 g/mol. The van der Waals surface area contributed by atoms with Crippen molar-refractivity contribution in [3.8, 4) is 12.3 Å². The summed E-state index contributed by atoms with van der Waals surface area (Å²) in [5, 5.41) is 25.1. The van der Waals surface area contributed by atoms with Gasteiger partial charge in [0.1, 0.15) is 11.6 Å². The summed E-state index contributed by atoms with van der Waals surface area (Å²) in [6.45, 7) is 8.15. The highest BCUT2D eigenvalue weighted by Crippen LogP contribution is 2.68. The molecule has 2 heterocycles. The molecule has 2 aromatic rings. The van der Waals surface area contributed by atoms with Gasteiger partial charge in [-0.25, -0.2) is 0 Å². The van der Waals surface area contributed by atoms with Gasteiger partial charge in [0.05, 0.1) is 6.10 Å². The van der Waals surface area contributed by atoms with Gasteiger partial charge in [-0.1, -0.05) is 50.1 Å². The van der Waals surface area contributed by atoms with Crippen molar-refractivity contribution in [2.75, 3.05) is 32.7 Å². The molecule has 0 radical (unpaired) electrons. The van der Waals surface area contributed by atoms with Crippen LogP contribution < -0.4 is 0 Å². The summed E-state index contributed by atoms with van der Waals surface area (Å²) in [4.78, 5) is 33.8. The molecule has 2 aromatic carbocycles. The van der Waals surface area contributed by atoms with Crippen LogP contribution in [0.1, 0.15) is 88.4 Å². The highest BCUT2D eigenvalue weighted by molar-refractivity contribution is 6.01. The summed E-state index contributed by atoms with van der Waals surface area (Å²) in [5.41, 5.74) is -0.381. The van der Waals surface area contributed by atoms with E-state index in [2.05, 4.69) is 24.7 Å². The zero-order valence-electron chi connectivity index (χ0n) is 28.8. The minimum Gasteiger partial charge on any atom is -0.391 e. The van der Waals surface area contributed by atoms with Gasteiger partial charge in [-0.15, -0.1) is 6.42 Å². The molecule has 7 heteroatoms. The maximum Gasteiger partial charge on any atom is 0.254 e. The van der Waals surface area contributed by atoms with Crippen LogP contribution in [0.25, 0.3) is 10.8 Å². The largest absolute Gasteiger partial charge is 0.391 e. The molecule has 2 saturated heterocycles. The van der Waals surface area contributed by atoms with Crippen molar-refractivity contribution in [1.82, 2.24) is 14.7 Å². The Kier molecular flexibility index (Phi) is 7.97. The Bertz CT molecular complexity index is 1630. The van der Waals surface area contributed by atoms with E-state index in [1.165, 1.54) is 6.42 Å². The highest BCUT2D eigenvalue weighted by atomic mass is 16.3. The zero-order valence-corrected chi connectivity index (χ0v) is 28.8. The first kappa shape index (κ1) is 32.3. The second-order valence-corrected chi connectivity index (χ2v) is 16.8. The average Bonchev–Trinajstić information content (AvgIpc) is 3.70. The maximum atomic E-state index is 13.9. The first-order chi connectivity index (χ1) is 23.1. The Morgan fingerprint density at radius 1 is 0.896 bits per heavy atom. The molecule has 2 N–H and O–H groups in total. The van der Waals surface area contributed by atoms with Crippen LogP contribution in [-0.4, -0.2) is 93.2 Å². The number of piperazine rings is 1. The topological polar surface area (TPSA) is 84.3 Å². The van der Waals surface area contributed by atoms with E-state index in [0.29, 0.717) is 61.7 Å². The Morgan fingerprint density at radius 3 is 2.42 bits per heavy atom. The molecule has 48 heavy (non-hydrogen) atoms. The number of nitrogens with zero attached hydrogens (tertiary/aromatic N) is 3. The first-order valence-electron chi connectivity index (χ1n) is 18.8. The second kappa shape index (κ2) is 11.9. The fourth-order valence-electron chi connectivity index (χ4n) is 12.1. The number of fused-ring (bicyclic) bond motifs is 6. The van der Waals surface area contributed by atoms with E-state index in [-0.39, 0.29) is 34.8 Å². The Balaban J connectivity index is 0.925. The number of hydrogen-bond donors (Lipinski definition) is 2. The molecule has 0 spiro atoms. The van der Waals surface area contributed by atoms with Crippen LogP contribution in [0.5, 0.6) is 0 Å². The highest BCUT2D eigenvalue weighted by Gasteiger charge is 2.65. The summed E-state index contributed by atoms with van der Waals surface area (Å²) in [7, 11) is 0. The third-order valence-electron chi connectivity index (χ3n) is 15.0. The summed E-state index contributed by atoms with van der Waals surface area (Å²) in [6, 6.07) is 13.6. The number of benzene rings is 2. The molecule has 256 valence electrons. The quantitative estimate of drug-likeness (QED) is 0.439. The van der Waals surface area contributed by atoms with E-state index in [1.807, 2.05) is 47.4 Å². The lowest BCUT2D eigenvalue weighted by Gasteiger charge is -2.63. The Labute approximate surface area is 286 Å². The molecular formula is C41H53N3O4. The summed E-state index contributed by atoms with van der Waals surface area (Å²) < 4.78 is 0. The number of carbonyl (C=O) groups excluding carboxylic acids is 2. The van der Waals surface area contributed by atoms with Crippen LogP contribution in [0.2, 0.25) is 0 Å². The lowest BCUT2D eigenvalue weighted by atomic mass is 9.44. The van der Waals surface area contributed by atoms with E-state index in [4.69, 9.17) is 6.42 Å². The molecule has 7 nitrogen and oxygen atoms in total. The zero-order chi connectivity index (χ0) is 33.4. The van der Waals surface area contributed by atoms with Gasteiger partial charge in [-0.3, -0.25) is 14.5 Å². The number of terminal acetylenes is 1. The molecule has 6 fully saturated rings. The number of aliphatic hydroxyl groups excluding tert-OH is 1. The standard InChI is InChI=1S/C41H53N3O4/c1-4-41(48)18-16-33-31-14-13-30-25-36(45)35(26-39(30,2)32(31)15-17-40(33,41)3)42-20-22-43(23-21-42)38(47)34-10-7-19-44(34)37(46)29-12-11-27-8-5-6-9-28(27)24-29/h1,5-6,8-9,11-12,24,30-36,45,48H,7,10,13-23,25-26H2,2-3H3/t30?,31?,32?,33?,34-,35-,36-,39-,40-,41-/m0/s1. The lowest BCUT2D eigenvalue weighted by molar-refractivity contribution is -0.163. The van der Waals surface area contributed by atoms with Gasteiger partial charge >= 0.3 is 0 Å². The molecule has 10 atom stereocenters. The van der Waals surface area contributed by atoms with Crippen molar-refractivity contribution >= 4 is 22.6 Å². The molecule has 4 saturated carbocycles. The summed E-state index contributed by atoms with van der Waals surface area (Å²) >= 11 is 0. The first-order valence-corrected chi connectivity index (χ1v) is 18.8. The van der Waals surface area contributed by atoms with Crippen LogP contribution >= 0.6 is 0 Å². The number of aliphatic hydroxyl groups is 2. The van der Waals surface area contributed by atoms with Gasteiger partial charge in [0.25, 0.3) is 5.91 Å². The summed E-state index contributed by atoms with van der Waals surface area (Å²) in [5.74, 6) is 5.01. The van der Waals surface area contributed by atoms with E-state index in [1.54, 1.807) is 4.90 Å². The van der Waals surface area contributed by atoms with Gasteiger partial charge in [-0.2, -0.15) is 0 Å². The van der Waals surface area contributed by atoms with Gasteiger partial charge < -0.3 is 20.0 Å². The molecule has 4 aliphatic carbocycles. The fourth-order valence-corrected chi connectivity index (χ4v) is 12.1. The van der Waals surface area contributed by atoms with E-state index < -0.39 is 11.6 Å². The number of rotatable bonds is 3. The number of amides is 2. The van der Waals surface area contributed by atoms with Crippen LogP contribution in [0.15, 0.2) is 42.5 Å². The molecule has 4 unspecified atom stereocenters. The predicted octanol–water partition coefficient (Wildman–Crippen LogP) is 5.34. The predicted molar refractivity (Wildman–Crippen MR) is 187 cm³/mol. The molecule has 2 amide bonds. The van der Waals surface area contributed by atoms with Crippen molar-refractivity contribution < 1.29 is 19.8 Å².